The molecule has 1 aliphatic heterocycles. The van der Waals surface area contributed by atoms with E-state index < -0.39 is 4.92 Å². The molecule has 0 saturated carbocycles. The predicted molar refractivity (Wildman–Crippen MR) is 82.3 cm³/mol. The number of hydrogen-bond acceptors (Lipinski definition) is 5. The van der Waals surface area contributed by atoms with E-state index in [1.54, 1.807) is 6.07 Å². The zero-order valence-corrected chi connectivity index (χ0v) is 12.0. The minimum atomic E-state index is -0.455. The van der Waals surface area contributed by atoms with Gasteiger partial charge in [0.25, 0.3) is 5.69 Å². The van der Waals surface area contributed by atoms with Crippen molar-refractivity contribution in [2.24, 2.45) is 4.99 Å². The van der Waals surface area contributed by atoms with Gasteiger partial charge >= 0.3 is 0 Å². The molecule has 6 nitrogen and oxygen atoms in total. The van der Waals surface area contributed by atoms with Gasteiger partial charge in [0.15, 0.2) is 11.5 Å². The van der Waals surface area contributed by atoms with Crippen molar-refractivity contribution in [1.29, 1.82) is 0 Å². The second-order valence-electron chi connectivity index (χ2n) is 4.80. The van der Waals surface area contributed by atoms with Gasteiger partial charge in [-0.15, -0.1) is 0 Å². The summed E-state index contributed by atoms with van der Waals surface area (Å²) in [5.74, 6) is 0.879. The van der Waals surface area contributed by atoms with E-state index >= 15 is 0 Å². The predicted octanol–water partition coefficient (Wildman–Crippen LogP) is 3.64. The third-order valence-corrected chi connectivity index (χ3v) is 3.42. The molecule has 0 atom stereocenters. The minimum Gasteiger partial charge on any atom is -0.454 e. The molecule has 6 heteroatoms. The highest BCUT2D eigenvalue weighted by Gasteiger charge is 2.22. The molecule has 2 aromatic carbocycles. The summed E-state index contributed by atoms with van der Waals surface area (Å²) in [5, 5.41) is 11.2. The summed E-state index contributed by atoms with van der Waals surface area (Å²) in [7, 11) is 0. The Morgan fingerprint density at radius 1 is 1.23 bits per heavy atom. The van der Waals surface area contributed by atoms with Gasteiger partial charge in [-0.2, -0.15) is 0 Å². The lowest BCUT2D eigenvalue weighted by molar-refractivity contribution is -0.385. The van der Waals surface area contributed by atoms with Gasteiger partial charge in [0, 0.05) is 6.21 Å². The SMILES string of the molecule is CCc1ccc(N=Cc2cc3c(cc2[N+](=O)[O-])OCO3)cc1. The Hall–Kier alpha value is -2.89. The molecule has 0 bridgehead atoms. The summed E-state index contributed by atoms with van der Waals surface area (Å²) in [6.45, 7) is 2.15. The van der Waals surface area contributed by atoms with Crippen LogP contribution >= 0.6 is 0 Å². The van der Waals surface area contributed by atoms with Gasteiger partial charge in [-0.05, 0) is 30.2 Å². The second-order valence-corrected chi connectivity index (χ2v) is 4.80. The van der Waals surface area contributed by atoms with Crippen LogP contribution in [0.5, 0.6) is 11.5 Å². The van der Waals surface area contributed by atoms with E-state index in [2.05, 4.69) is 11.9 Å². The van der Waals surface area contributed by atoms with Crippen molar-refractivity contribution in [2.75, 3.05) is 6.79 Å². The van der Waals surface area contributed by atoms with E-state index in [-0.39, 0.29) is 12.5 Å². The molecule has 0 unspecified atom stereocenters. The van der Waals surface area contributed by atoms with Crippen LogP contribution < -0.4 is 9.47 Å². The number of benzene rings is 2. The fourth-order valence-electron chi connectivity index (χ4n) is 2.17. The molecular formula is C16H14N2O4. The Labute approximate surface area is 127 Å². The van der Waals surface area contributed by atoms with Crippen LogP contribution in [0.1, 0.15) is 18.1 Å². The van der Waals surface area contributed by atoms with Gasteiger partial charge in [-0.25, -0.2) is 0 Å². The van der Waals surface area contributed by atoms with Crippen LogP contribution in [-0.2, 0) is 6.42 Å². The zero-order valence-electron chi connectivity index (χ0n) is 12.0. The van der Waals surface area contributed by atoms with Crippen molar-refractivity contribution in [2.45, 2.75) is 13.3 Å². The molecule has 0 aliphatic carbocycles. The van der Waals surface area contributed by atoms with Gasteiger partial charge in [-0.1, -0.05) is 19.1 Å². The van der Waals surface area contributed by atoms with Crippen LogP contribution in [0.15, 0.2) is 41.4 Å². The molecule has 0 aromatic heterocycles. The van der Waals surface area contributed by atoms with Crippen molar-refractivity contribution >= 4 is 17.6 Å². The van der Waals surface area contributed by atoms with Gasteiger partial charge < -0.3 is 9.47 Å². The molecule has 1 aliphatic rings. The lowest BCUT2D eigenvalue weighted by Crippen LogP contribution is -1.94. The van der Waals surface area contributed by atoms with Crippen LogP contribution in [-0.4, -0.2) is 17.9 Å². The number of hydrogen-bond donors (Lipinski definition) is 0. The lowest BCUT2D eigenvalue weighted by atomic mass is 10.1. The molecule has 3 rings (SSSR count). The van der Waals surface area contributed by atoms with Crippen molar-refractivity contribution in [3.63, 3.8) is 0 Å². The smallest absolute Gasteiger partial charge is 0.282 e. The van der Waals surface area contributed by atoms with E-state index in [1.165, 1.54) is 17.8 Å². The summed E-state index contributed by atoms with van der Waals surface area (Å²) in [4.78, 5) is 15.0. The van der Waals surface area contributed by atoms with Crippen molar-refractivity contribution in [1.82, 2.24) is 0 Å². The maximum Gasteiger partial charge on any atom is 0.282 e. The molecule has 0 saturated heterocycles. The Morgan fingerprint density at radius 2 is 1.91 bits per heavy atom. The highest BCUT2D eigenvalue weighted by atomic mass is 16.7. The highest BCUT2D eigenvalue weighted by molar-refractivity contribution is 5.88. The molecule has 0 N–H and O–H groups in total. The summed E-state index contributed by atoms with van der Waals surface area (Å²) in [5.41, 5.74) is 2.28. The van der Waals surface area contributed by atoms with Gasteiger partial charge in [0.1, 0.15) is 0 Å². The number of fused-ring (bicyclic) bond motifs is 1. The number of aliphatic imine (C=N–C) groups is 1. The van der Waals surface area contributed by atoms with Crippen LogP contribution in [0.3, 0.4) is 0 Å². The molecule has 1 heterocycles. The zero-order chi connectivity index (χ0) is 15.5. The average Bonchev–Trinajstić information content (AvgIpc) is 2.99. The monoisotopic (exact) mass is 298 g/mol. The molecular weight excluding hydrogens is 284 g/mol. The first kappa shape index (κ1) is 14.1. The Balaban J connectivity index is 1.93. The molecule has 112 valence electrons. The number of rotatable bonds is 4. The Kier molecular flexibility index (Phi) is 3.74. The Bertz CT molecular complexity index is 739. The topological polar surface area (TPSA) is 74.0 Å². The Morgan fingerprint density at radius 3 is 2.55 bits per heavy atom. The maximum atomic E-state index is 11.2. The number of nitrogens with zero attached hydrogens (tertiary/aromatic N) is 2. The molecule has 0 radical (unpaired) electrons. The van der Waals surface area contributed by atoms with Gasteiger partial charge in [-0.3, -0.25) is 15.1 Å². The van der Waals surface area contributed by atoms with E-state index in [0.717, 1.165) is 12.1 Å². The first-order valence-corrected chi connectivity index (χ1v) is 6.88. The second kappa shape index (κ2) is 5.85. The first-order valence-electron chi connectivity index (χ1n) is 6.88. The molecule has 0 fully saturated rings. The minimum absolute atomic E-state index is 0.0572. The van der Waals surface area contributed by atoms with Crippen molar-refractivity contribution in [3.05, 3.63) is 57.6 Å². The molecule has 22 heavy (non-hydrogen) atoms. The first-order chi connectivity index (χ1) is 10.7. The van der Waals surface area contributed by atoms with E-state index in [4.69, 9.17) is 9.47 Å². The van der Waals surface area contributed by atoms with Gasteiger partial charge in [0.05, 0.1) is 22.2 Å². The maximum absolute atomic E-state index is 11.2. The fraction of sp³-hybridized carbons (Fsp3) is 0.188. The summed E-state index contributed by atoms with van der Waals surface area (Å²) in [6, 6.07) is 10.7. The van der Waals surface area contributed by atoms with Crippen LogP contribution in [0.25, 0.3) is 0 Å². The molecule has 0 spiro atoms. The van der Waals surface area contributed by atoms with Crippen LogP contribution in [0.4, 0.5) is 11.4 Å². The quantitative estimate of drug-likeness (QED) is 0.490. The van der Waals surface area contributed by atoms with Crippen LogP contribution in [0.2, 0.25) is 0 Å². The van der Waals surface area contributed by atoms with Crippen LogP contribution in [0, 0.1) is 10.1 Å². The summed E-state index contributed by atoms with van der Waals surface area (Å²) < 4.78 is 10.4. The number of nitro benzene ring substituents is 1. The van der Waals surface area contributed by atoms with E-state index in [1.807, 2.05) is 24.3 Å². The largest absolute Gasteiger partial charge is 0.454 e. The third-order valence-electron chi connectivity index (χ3n) is 3.42. The molecule has 2 aromatic rings. The van der Waals surface area contributed by atoms with Gasteiger partial charge in [0.2, 0.25) is 6.79 Å². The van der Waals surface area contributed by atoms with E-state index in [9.17, 15) is 10.1 Å². The van der Waals surface area contributed by atoms with E-state index in [0.29, 0.717) is 17.1 Å². The summed E-state index contributed by atoms with van der Waals surface area (Å²) >= 11 is 0. The van der Waals surface area contributed by atoms with Crippen molar-refractivity contribution < 1.29 is 14.4 Å². The van der Waals surface area contributed by atoms with Crippen molar-refractivity contribution in [3.8, 4) is 11.5 Å². The lowest BCUT2D eigenvalue weighted by Gasteiger charge is -2.01. The normalized spacial score (nSPS) is 12.8. The molecule has 0 amide bonds. The average molecular weight is 298 g/mol. The number of aryl methyl sites for hydroxylation is 1. The number of nitro groups is 1. The summed E-state index contributed by atoms with van der Waals surface area (Å²) in [6.07, 6.45) is 2.43. The number of ether oxygens (including phenoxy) is 2. The standard InChI is InChI=1S/C16H14N2O4/c1-2-11-3-5-13(6-4-11)17-9-12-7-15-16(22-10-21-15)8-14(12)18(19)20/h3-9H,2,10H2,1H3. The highest BCUT2D eigenvalue weighted by Crippen LogP contribution is 2.37. The third kappa shape index (κ3) is 2.76. The fourth-order valence-corrected chi connectivity index (χ4v) is 2.17.